The van der Waals surface area contributed by atoms with Crippen LogP contribution in [0.15, 0.2) is 11.6 Å². The standard InChI is InChI=1S/C27H35F3O7S/c1-15(31)35-13-21(33)26(36-14-38-4)10-8-19-18-6-5-16-11-17(32)7-9-24(16,2)22(18)20(12-25(19,26)3)37-23(34)27(28,29)30/h11,18-20,22H,5-10,12-14H2,1-4H3/t18-,19-,20?,22+,24-,25-,26-/m0/s1. The number of ketones is 2. The normalized spacial score (nSPS) is 38.4. The van der Waals surface area contributed by atoms with Crippen LogP contribution in [0.25, 0.3) is 0 Å². The number of rotatable bonds is 7. The molecule has 11 heteroatoms. The van der Waals surface area contributed by atoms with Crippen LogP contribution in [0, 0.1) is 28.6 Å². The molecule has 0 aromatic rings. The molecule has 0 radical (unpaired) electrons. The van der Waals surface area contributed by atoms with Gasteiger partial charge in [-0.05, 0) is 68.1 Å². The number of carbonyl (C=O) groups is 4. The Balaban J connectivity index is 1.79. The van der Waals surface area contributed by atoms with Crippen LogP contribution in [-0.2, 0) is 33.4 Å². The number of esters is 2. The number of carbonyl (C=O) groups excluding carboxylic acids is 4. The van der Waals surface area contributed by atoms with Crippen molar-refractivity contribution in [3.63, 3.8) is 0 Å². The van der Waals surface area contributed by atoms with E-state index in [1.165, 1.54) is 18.7 Å². The largest absolute Gasteiger partial charge is 0.490 e. The van der Waals surface area contributed by atoms with Gasteiger partial charge in [-0.15, -0.1) is 11.8 Å². The number of ether oxygens (including phenoxy) is 3. The van der Waals surface area contributed by atoms with Gasteiger partial charge in [0.1, 0.15) is 11.7 Å². The maximum absolute atomic E-state index is 13.7. The number of fused-ring (bicyclic) bond motifs is 5. The Labute approximate surface area is 224 Å². The van der Waals surface area contributed by atoms with Crippen LogP contribution in [0.2, 0.25) is 0 Å². The summed E-state index contributed by atoms with van der Waals surface area (Å²) >= 11 is 1.36. The molecule has 0 amide bonds. The molecule has 0 bridgehead atoms. The van der Waals surface area contributed by atoms with Crippen LogP contribution in [-0.4, -0.2) is 60.2 Å². The average Bonchev–Trinajstić information content (AvgIpc) is 3.13. The molecule has 7 nitrogen and oxygen atoms in total. The van der Waals surface area contributed by atoms with E-state index in [1.807, 2.05) is 20.1 Å². The lowest BCUT2D eigenvalue weighted by atomic mass is 9.45. The highest BCUT2D eigenvalue weighted by Crippen LogP contribution is 2.69. The number of halogens is 3. The van der Waals surface area contributed by atoms with Gasteiger partial charge in [0.15, 0.2) is 12.4 Å². The minimum atomic E-state index is -5.17. The second-order valence-corrected chi connectivity index (χ2v) is 12.4. The molecule has 0 spiro atoms. The summed E-state index contributed by atoms with van der Waals surface area (Å²) in [7, 11) is 0. The Bertz CT molecular complexity index is 1040. The molecular weight excluding hydrogens is 525 g/mol. The lowest BCUT2D eigenvalue weighted by molar-refractivity contribution is -0.228. The van der Waals surface area contributed by atoms with Gasteiger partial charge in [-0.25, -0.2) is 4.79 Å². The van der Waals surface area contributed by atoms with Crippen molar-refractivity contribution in [1.29, 1.82) is 0 Å². The molecule has 7 atom stereocenters. The van der Waals surface area contributed by atoms with Crippen molar-refractivity contribution in [2.75, 3.05) is 18.8 Å². The first-order valence-corrected chi connectivity index (χ1v) is 14.4. The van der Waals surface area contributed by atoms with E-state index in [0.717, 1.165) is 5.57 Å². The van der Waals surface area contributed by atoms with E-state index in [2.05, 4.69) is 0 Å². The van der Waals surface area contributed by atoms with Crippen LogP contribution in [0.4, 0.5) is 13.2 Å². The molecule has 1 unspecified atom stereocenters. The molecule has 0 saturated heterocycles. The first-order valence-electron chi connectivity index (χ1n) is 13.0. The molecule has 0 aromatic carbocycles. The van der Waals surface area contributed by atoms with Crippen molar-refractivity contribution >= 4 is 35.3 Å². The quantitative estimate of drug-likeness (QED) is 0.323. The molecule has 212 valence electrons. The SMILES string of the molecule is CSCO[C@]1(C(=O)COC(C)=O)CC[C@H]2[C@@H]3CCC4=CC(=O)CC[C@]4(C)[C@H]3C(OC(=O)C(F)(F)F)C[C@@]21C. The minimum Gasteiger partial charge on any atom is -0.458 e. The summed E-state index contributed by atoms with van der Waals surface area (Å²) in [6.45, 7) is 4.51. The predicted molar refractivity (Wildman–Crippen MR) is 132 cm³/mol. The number of Topliss-reactive ketones (excluding diaryl/α,β-unsaturated/α-hetero) is 1. The van der Waals surface area contributed by atoms with Crippen molar-refractivity contribution < 1.29 is 46.6 Å². The van der Waals surface area contributed by atoms with Crippen molar-refractivity contribution in [2.45, 2.75) is 83.6 Å². The second-order valence-electron chi connectivity index (χ2n) is 11.6. The van der Waals surface area contributed by atoms with Crippen molar-refractivity contribution in [3.8, 4) is 0 Å². The van der Waals surface area contributed by atoms with Crippen LogP contribution >= 0.6 is 11.8 Å². The summed E-state index contributed by atoms with van der Waals surface area (Å²) in [5.41, 5.74) is -2.05. The third kappa shape index (κ3) is 4.71. The van der Waals surface area contributed by atoms with Crippen molar-refractivity contribution in [2.24, 2.45) is 28.6 Å². The molecule has 4 aliphatic rings. The Morgan fingerprint density at radius 2 is 1.84 bits per heavy atom. The van der Waals surface area contributed by atoms with Gasteiger partial charge in [-0.1, -0.05) is 19.4 Å². The molecule has 4 rings (SSSR count). The highest BCUT2D eigenvalue weighted by atomic mass is 32.2. The third-order valence-corrected chi connectivity index (χ3v) is 10.1. The molecule has 4 aliphatic carbocycles. The fourth-order valence-corrected chi connectivity index (χ4v) is 8.49. The summed E-state index contributed by atoms with van der Waals surface area (Å²) in [6, 6.07) is 0. The number of allylic oxidation sites excluding steroid dienone is 1. The van der Waals surface area contributed by atoms with Gasteiger partial charge in [0.05, 0.1) is 5.94 Å². The molecule has 0 N–H and O–H groups in total. The van der Waals surface area contributed by atoms with Crippen molar-refractivity contribution in [3.05, 3.63) is 11.6 Å². The monoisotopic (exact) mass is 560 g/mol. The first-order chi connectivity index (χ1) is 17.7. The van der Waals surface area contributed by atoms with Gasteiger partial charge in [-0.2, -0.15) is 13.2 Å². The van der Waals surface area contributed by atoms with Gasteiger partial charge >= 0.3 is 18.1 Å². The minimum absolute atomic E-state index is 0.00169. The smallest absolute Gasteiger partial charge is 0.458 e. The number of thioether (sulfide) groups is 1. The third-order valence-electron chi connectivity index (χ3n) is 9.76. The van der Waals surface area contributed by atoms with E-state index in [-0.39, 0.29) is 36.4 Å². The highest BCUT2D eigenvalue weighted by Gasteiger charge is 2.70. The Morgan fingerprint density at radius 3 is 2.47 bits per heavy atom. The topological polar surface area (TPSA) is 96.0 Å². The molecule has 3 saturated carbocycles. The number of hydrogen-bond donors (Lipinski definition) is 0. The fraction of sp³-hybridized carbons (Fsp3) is 0.778. The van der Waals surface area contributed by atoms with Gasteiger partial charge in [-0.3, -0.25) is 14.4 Å². The summed E-state index contributed by atoms with van der Waals surface area (Å²) in [4.78, 5) is 49.5. The summed E-state index contributed by atoms with van der Waals surface area (Å²) in [5, 5.41) is 0. The highest BCUT2D eigenvalue weighted by molar-refractivity contribution is 7.98. The molecule has 0 aliphatic heterocycles. The molecular formula is C27H35F3O7S. The van der Waals surface area contributed by atoms with Crippen LogP contribution in [0.1, 0.15) is 65.7 Å². The average molecular weight is 561 g/mol. The van der Waals surface area contributed by atoms with E-state index in [9.17, 15) is 32.3 Å². The van der Waals surface area contributed by atoms with Crippen LogP contribution in [0.5, 0.6) is 0 Å². The van der Waals surface area contributed by atoms with Gasteiger partial charge in [0.2, 0.25) is 5.78 Å². The Morgan fingerprint density at radius 1 is 1.13 bits per heavy atom. The van der Waals surface area contributed by atoms with Gasteiger partial charge < -0.3 is 14.2 Å². The number of alkyl halides is 3. The van der Waals surface area contributed by atoms with E-state index in [4.69, 9.17) is 14.2 Å². The fourth-order valence-electron chi connectivity index (χ4n) is 8.17. The summed E-state index contributed by atoms with van der Waals surface area (Å²) in [5.74, 6) is -3.80. The van der Waals surface area contributed by atoms with E-state index in [1.54, 1.807) is 6.08 Å². The first kappa shape index (κ1) is 29.1. The van der Waals surface area contributed by atoms with Crippen LogP contribution in [0.3, 0.4) is 0 Å². The zero-order chi connectivity index (χ0) is 28.1. The Kier molecular flexibility index (Phi) is 7.86. The molecule has 0 aromatic heterocycles. The van der Waals surface area contributed by atoms with E-state index >= 15 is 0 Å². The zero-order valence-electron chi connectivity index (χ0n) is 22.2. The molecule has 0 heterocycles. The molecule has 38 heavy (non-hydrogen) atoms. The number of hydrogen-bond acceptors (Lipinski definition) is 8. The second kappa shape index (κ2) is 10.3. The maximum Gasteiger partial charge on any atom is 0.490 e. The van der Waals surface area contributed by atoms with Crippen LogP contribution < -0.4 is 0 Å². The lowest BCUT2D eigenvalue weighted by Gasteiger charge is -2.61. The lowest BCUT2D eigenvalue weighted by Crippen LogP contribution is -2.63. The molecule has 3 fully saturated rings. The maximum atomic E-state index is 13.7. The predicted octanol–water partition coefficient (Wildman–Crippen LogP) is 4.81. The summed E-state index contributed by atoms with van der Waals surface area (Å²) < 4.78 is 56.9. The van der Waals surface area contributed by atoms with E-state index in [0.29, 0.717) is 32.1 Å². The van der Waals surface area contributed by atoms with Crippen molar-refractivity contribution in [1.82, 2.24) is 0 Å². The Hall–Kier alpha value is -1.88. The van der Waals surface area contributed by atoms with Gasteiger partial charge in [0.25, 0.3) is 0 Å². The van der Waals surface area contributed by atoms with Gasteiger partial charge in [0, 0.05) is 24.7 Å². The zero-order valence-corrected chi connectivity index (χ0v) is 23.0. The summed E-state index contributed by atoms with van der Waals surface area (Å²) in [6.07, 6.45) is 0.0512. The van der Waals surface area contributed by atoms with E-state index < -0.39 is 59.0 Å².